The first-order chi connectivity index (χ1) is 15.4. The molecule has 0 radical (unpaired) electrons. The van der Waals surface area contributed by atoms with E-state index in [0.29, 0.717) is 11.3 Å². The Morgan fingerprint density at radius 1 is 0.875 bits per heavy atom. The maximum Gasteiger partial charge on any atom is 0.261 e. The molecule has 0 bridgehead atoms. The Hall–Kier alpha value is -3.32. The quantitative estimate of drug-likeness (QED) is 0.554. The maximum atomic E-state index is 12.7. The minimum atomic E-state index is -3.67. The average Bonchev–Trinajstić information content (AvgIpc) is 3.35. The van der Waals surface area contributed by atoms with Crippen molar-refractivity contribution in [1.29, 1.82) is 0 Å². The van der Waals surface area contributed by atoms with E-state index in [1.54, 1.807) is 42.5 Å². The first-order valence-electron chi connectivity index (χ1n) is 10.8. The van der Waals surface area contributed by atoms with Crippen LogP contribution in [0.15, 0.2) is 83.8 Å². The Bertz CT molecular complexity index is 1160. The third kappa shape index (κ3) is 5.11. The number of nitrogens with one attached hydrogen (secondary N) is 2. The fourth-order valence-electron chi connectivity index (χ4n) is 3.82. The SMILES string of the molecule is C[C@@H](NC(=O)c1ccc(NS(=O)(=O)c2ccccc2)cc1)c1ccc(N2CCCC2)cc1. The largest absolute Gasteiger partial charge is 0.372 e. The number of hydrogen-bond donors (Lipinski definition) is 2. The number of carbonyl (C=O) groups excluding carboxylic acids is 1. The lowest BCUT2D eigenvalue weighted by molar-refractivity contribution is 0.0940. The Kier molecular flexibility index (Phi) is 6.46. The molecule has 1 saturated heterocycles. The van der Waals surface area contributed by atoms with Gasteiger partial charge in [-0.2, -0.15) is 0 Å². The van der Waals surface area contributed by atoms with E-state index in [2.05, 4.69) is 39.2 Å². The fraction of sp³-hybridized carbons (Fsp3) is 0.240. The molecule has 0 aliphatic carbocycles. The fourth-order valence-corrected chi connectivity index (χ4v) is 4.90. The molecule has 1 heterocycles. The molecule has 1 aliphatic rings. The monoisotopic (exact) mass is 449 g/mol. The zero-order valence-corrected chi connectivity index (χ0v) is 18.8. The molecule has 32 heavy (non-hydrogen) atoms. The van der Waals surface area contributed by atoms with Crippen LogP contribution >= 0.6 is 0 Å². The van der Waals surface area contributed by atoms with E-state index in [1.807, 2.05) is 6.92 Å². The molecule has 4 rings (SSSR count). The molecule has 0 aromatic heterocycles. The highest BCUT2D eigenvalue weighted by Gasteiger charge is 2.16. The number of carbonyl (C=O) groups is 1. The van der Waals surface area contributed by atoms with Crippen molar-refractivity contribution in [2.45, 2.75) is 30.7 Å². The number of rotatable bonds is 7. The Morgan fingerprint density at radius 2 is 1.50 bits per heavy atom. The van der Waals surface area contributed by atoms with Gasteiger partial charge in [-0.05, 0) is 73.9 Å². The second-order valence-corrected chi connectivity index (χ2v) is 9.66. The predicted octanol–water partition coefficient (Wildman–Crippen LogP) is 4.58. The summed E-state index contributed by atoms with van der Waals surface area (Å²) >= 11 is 0. The minimum absolute atomic E-state index is 0.147. The summed E-state index contributed by atoms with van der Waals surface area (Å²) in [4.78, 5) is 15.2. The molecule has 3 aromatic carbocycles. The normalized spacial score (nSPS) is 14.7. The number of nitrogens with zero attached hydrogens (tertiary/aromatic N) is 1. The minimum Gasteiger partial charge on any atom is -0.372 e. The molecule has 2 N–H and O–H groups in total. The Balaban J connectivity index is 1.37. The van der Waals surface area contributed by atoms with Crippen molar-refractivity contribution in [2.75, 3.05) is 22.7 Å². The average molecular weight is 450 g/mol. The lowest BCUT2D eigenvalue weighted by Gasteiger charge is -2.19. The van der Waals surface area contributed by atoms with E-state index in [1.165, 1.54) is 30.7 Å². The summed E-state index contributed by atoms with van der Waals surface area (Å²) in [6.45, 7) is 4.15. The molecule has 0 unspecified atom stereocenters. The van der Waals surface area contributed by atoms with Gasteiger partial charge >= 0.3 is 0 Å². The second-order valence-electron chi connectivity index (χ2n) is 7.98. The van der Waals surface area contributed by atoms with Gasteiger partial charge in [0.05, 0.1) is 10.9 Å². The van der Waals surface area contributed by atoms with Gasteiger partial charge < -0.3 is 10.2 Å². The topological polar surface area (TPSA) is 78.5 Å². The highest BCUT2D eigenvalue weighted by Crippen LogP contribution is 2.23. The van der Waals surface area contributed by atoms with Gasteiger partial charge in [0.2, 0.25) is 0 Å². The van der Waals surface area contributed by atoms with E-state index in [9.17, 15) is 13.2 Å². The summed E-state index contributed by atoms with van der Waals surface area (Å²) in [5.74, 6) is -0.210. The number of hydrogen-bond acceptors (Lipinski definition) is 4. The van der Waals surface area contributed by atoms with Crippen molar-refractivity contribution in [3.05, 3.63) is 90.0 Å². The first-order valence-corrected chi connectivity index (χ1v) is 12.2. The summed E-state index contributed by atoms with van der Waals surface area (Å²) in [5, 5.41) is 3.00. The van der Waals surface area contributed by atoms with Crippen molar-refractivity contribution in [1.82, 2.24) is 5.32 Å². The standard InChI is InChI=1S/C25H27N3O3S/c1-19(20-11-15-23(16-12-20)28-17-5-6-18-28)26-25(29)21-9-13-22(14-10-21)27-32(30,31)24-7-3-2-4-8-24/h2-4,7-16,19,27H,5-6,17-18H2,1H3,(H,26,29)/t19-/m1/s1. The van der Waals surface area contributed by atoms with Gasteiger partial charge in [-0.1, -0.05) is 30.3 Å². The zero-order chi connectivity index (χ0) is 22.6. The molecule has 166 valence electrons. The van der Waals surface area contributed by atoms with Crippen LogP contribution in [0.5, 0.6) is 0 Å². The van der Waals surface area contributed by atoms with Gasteiger partial charge in [-0.3, -0.25) is 9.52 Å². The molecule has 1 amide bonds. The molecule has 1 fully saturated rings. The van der Waals surface area contributed by atoms with Gasteiger partial charge in [0, 0.05) is 30.0 Å². The van der Waals surface area contributed by atoms with Crippen LogP contribution in [0.3, 0.4) is 0 Å². The Labute approximate surface area is 189 Å². The predicted molar refractivity (Wildman–Crippen MR) is 127 cm³/mol. The number of sulfonamides is 1. The van der Waals surface area contributed by atoms with Gasteiger partial charge in [0.15, 0.2) is 0 Å². The third-order valence-electron chi connectivity index (χ3n) is 5.66. The molecule has 1 atom stereocenters. The molecule has 1 aliphatic heterocycles. The van der Waals surface area contributed by atoms with E-state index in [4.69, 9.17) is 0 Å². The van der Waals surface area contributed by atoms with Crippen LogP contribution in [-0.4, -0.2) is 27.4 Å². The van der Waals surface area contributed by atoms with E-state index in [0.717, 1.165) is 18.7 Å². The van der Waals surface area contributed by atoms with Gasteiger partial charge in [0.1, 0.15) is 0 Å². The van der Waals surface area contributed by atoms with Crippen molar-refractivity contribution in [3.63, 3.8) is 0 Å². The second kappa shape index (κ2) is 9.44. The summed E-state index contributed by atoms with van der Waals surface area (Å²) in [5.41, 5.74) is 3.12. The van der Waals surface area contributed by atoms with Crippen LogP contribution in [0.4, 0.5) is 11.4 Å². The van der Waals surface area contributed by atoms with Gasteiger partial charge in [0.25, 0.3) is 15.9 Å². The van der Waals surface area contributed by atoms with Gasteiger partial charge in [-0.25, -0.2) is 8.42 Å². The Morgan fingerprint density at radius 3 is 2.12 bits per heavy atom. The molecule has 0 saturated carbocycles. The van der Waals surface area contributed by atoms with Crippen molar-refractivity contribution >= 4 is 27.3 Å². The number of benzene rings is 3. The molecular formula is C25H27N3O3S. The van der Waals surface area contributed by atoms with E-state index >= 15 is 0 Å². The third-order valence-corrected chi connectivity index (χ3v) is 7.06. The summed E-state index contributed by atoms with van der Waals surface area (Å²) in [6.07, 6.45) is 2.47. The molecule has 7 heteroatoms. The van der Waals surface area contributed by atoms with Crippen LogP contribution in [0.2, 0.25) is 0 Å². The van der Waals surface area contributed by atoms with Gasteiger partial charge in [-0.15, -0.1) is 0 Å². The van der Waals surface area contributed by atoms with E-state index in [-0.39, 0.29) is 16.8 Å². The van der Waals surface area contributed by atoms with Crippen molar-refractivity contribution < 1.29 is 13.2 Å². The van der Waals surface area contributed by atoms with Crippen molar-refractivity contribution in [2.24, 2.45) is 0 Å². The van der Waals surface area contributed by atoms with Crippen LogP contribution in [-0.2, 0) is 10.0 Å². The number of anilines is 2. The lowest BCUT2D eigenvalue weighted by atomic mass is 10.1. The van der Waals surface area contributed by atoms with Crippen LogP contribution < -0.4 is 14.9 Å². The van der Waals surface area contributed by atoms with E-state index < -0.39 is 10.0 Å². The summed E-state index contributed by atoms with van der Waals surface area (Å²) in [6, 6.07) is 22.7. The lowest BCUT2D eigenvalue weighted by Crippen LogP contribution is -2.26. The maximum absolute atomic E-state index is 12.7. The highest BCUT2D eigenvalue weighted by atomic mass is 32.2. The molecular weight excluding hydrogens is 422 g/mol. The molecule has 3 aromatic rings. The molecule has 6 nitrogen and oxygen atoms in total. The summed E-state index contributed by atoms with van der Waals surface area (Å²) < 4.78 is 27.4. The number of amides is 1. The van der Waals surface area contributed by atoms with Crippen LogP contribution in [0.25, 0.3) is 0 Å². The van der Waals surface area contributed by atoms with Crippen molar-refractivity contribution in [3.8, 4) is 0 Å². The zero-order valence-electron chi connectivity index (χ0n) is 18.0. The summed E-state index contributed by atoms with van der Waals surface area (Å²) in [7, 11) is -3.67. The highest BCUT2D eigenvalue weighted by molar-refractivity contribution is 7.92. The van der Waals surface area contributed by atoms with Crippen LogP contribution in [0, 0.1) is 0 Å². The molecule has 0 spiro atoms. The smallest absolute Gasteiger partial charge is 0.261 e. The van der Waals surface area contributed by atoms with Crippen LogP contribution in [0.1, 0.15) is 41.7 Å². The first kappa shape index (κ1) is 21.9.